The van der Waals surface area contributed by atoms with Gasteiger partial charge < -0.3 is 15.0 Å². The zero-order chi connectivity index (χ0) is 17.2. The second-order valence-electron chi connectivity index (χ2n) is 8.44. The highest BCUT2D eigenvalue weighted by atomic mass is 16.5. The van der Waals surface area contributed by atoms with Crippen molar-refractivity contribution in [3.8, 4) is 0 Å². The van der Waals surface area contributed by atoms with Crippen molar-refractivity contribution in [1.82, 2.24) is 10.2 Å². The van der Waals surface area contributed by atoms with Gasteiger partial charge in [-0.15, -0.1) is 0 Å². The first-order valence-corrected chi connectivity index (χ1v) is 10.4. The Labute approximate surface area is 150 Å². The average molecular weight is 348 g/mol. The summed E-state index contributed by atoms with van der Waals surface area (Å²) >= 11 is 0. The molecule has 1 N–H and O–H groups in total. The van der Waals surface area contributed by atoms with Gasteiger partial charge in [0.2, 0.25) is 11.8 Å². The Bertz CT molecular complexity index is 498. The van der Waals surface area contributed by atoms with Gasteiger partial charge in [-0.3, -0.25) is 9.59 Å². The summed E-state index contributed by atoms with van der Waals surface area (Å²) in [7, 11) is 0. The quantitative estimate of drug-likeness (QED) is 0.802. The lowest BCUT2D eigenvalue weighted by Crippen LogP contribution is -2.63. The van der Waals surface area contributed by atoms with E-state index in [-0.39, 0.29) is 11.8 Å². The molecule has 0 unspecified atom stereocenters. The van der Waals surface area contributed by atoms with Crippen LogP contribution in [-0.2, 0) is 14.3 Å². The zero-order valence-electron chi connectivity index (χ0n) is 15.3. The summed E-state index contributed by atoms with van der Waals surface area (Å²) in [6.45, 7) is 2.47. The summed E-state index contributed by atoms with van der Waals surface area (Å²) in [4.78, 5) is 26.2. The van der Waals surface area contributed by atoms with Crippen molar-refractivity contribution in [2.75, 3.05) is 19.7 Å². The van der Waals surface area contributed by atoms with Crippen molar-refractivity contribution in [2.45, 2.75) is 76.4 Å². The third-order valence-corrected chi connectivity index (χ3v) is 6.96. The molecule has 2 saturated carbocycles. The highest BCUT2D eigenvalue weighted by molar-refractivity contribution is 5.78. The van der Waals surface area contributed by atoms with E-state index in [0.717, 1.165) is 51.3 Å². The Hall–Kier alpha value is -1.10. The molecule has 0 aromatic carbocycles. The molecule has 4 aliphatic rings. The zero-order valence-corrected chi connectivity index (χ0v) is 15.3. The van der Waals surface area contributed by atoms with E-state index in [1.807, 2.05) is 4.90 Å². The third kappa shape index (κ3) is 3.57. The van der Waals surface area contributed by atoms with Crippen LogP contribution in [0.5, 0.6) is 0 Å². The minimum atomic E-state index is 0.169. The van der Waals surface area contributed by atoms with Gasteiger partial charge in [0.05, 0.1) is 6.10 Å². The summed E-state index contributed by atoms with van der Waals surface area (Å²) in [5, 5.41) is 3.34. The minimum absolute atomic E-state index is 0.169. The van der Waals surface area contributed by atoms with Crippen LogP contribution < -0.4 is 5.32 Å². The van der Waals surface area contributed by atoms with E-state index in [9.17, 15) is 9.59 Å². The monoisotopic (exact) mass is 348 g/mol. The Kier molecular flexibility index (Phi) is 5.30. The molecule has 5 heteroatoms. The molecule has 4 atom stereocenters. The summed E-state index contributed by atoms with van der Waals surface area (Å²) in [5.41, 5.74) is 0. The SMILES string of the molecule is O=C(CCCN1CCCCC1=O)N[C@@H]1[C@@H]2CCO[C@@H]2[C@@H]1C1CCCC1. The number of rotatable bonds is 6. The molecule has 2 aliphatic carbocycles. The van der Waals surface area contributed by atoms with E-state index >= 15 is 0 Å². The van der Waals surface area contributed by atoms with Crippen molar-refractivity contribution in [3.05, 3.63) is 0 Å². The van der Waals surface area contributed by atoms with Gasteiger partial charge in [0.1, 0.15) is 0 Å². The number of carbonyl (C=O) groups is 2. The van der Waals surface area contributed by atoms with Crippen molar-refractivity contribution < 1.29 is 14.3 Å². The number of ether oxygens (including phenoxy) is 1. The summed E-state index contributed by atoms with van der Waals surface area (Å²) in [6, 6.07) is 0.333. The van der Waals surface area contributed by atoms with Crippen molar-refractivity contribution in [1.29, 1.82) is 0 Å². The molecule has 4 rings (SSSR count). The van der Waals surface area contributed by atoms with E-state index in [1.165, 1.54) is 25.7 Å². The topological polar surface area (TPSA) is 58.6 Å². The molecule has 4 fully saturated rings. The Balaban J connectivity index is 1.24. The van der Waals surface area contributed by atoms with Crippen LogP contribution >= 0.6 is 0 Å². The van der Waals surface area contributed by atoms with E-state index in [4.69, 9.17) is 4.74 Å². The molecule has 140 valence electrons. The number of carbonyl (C=O) groups excluding carboxylic acids is 2. The van der Waals surface area contributed by atoms with Gasteiger partial charge in [0, 0.05) is 50.4 Å². The van der Waals surface area contributed by atoms with Gasteiger partial charge >= 0.3 is 0 Å². The fourth-order valence-corrected chi connectivity index (χ4v) is 5.65. The standard InChI is InChI=1S/C20H32N2O3/c23-16(8-5-12-22-11-4-3-9-17(22)24)21-19-15-10-13-25-20(15)18(19)14-6-1-2-7-14/h14-15,18-20H,1-13H2,(H,21,23)/t15-,18+,19+,20-/m0/s1. The van der Waals surface area contributed by atoms with Crippen LogP contribution in [0.25, 0.3) is 0 Å². The minimum Gasteiger partial charge on any atom is -0.377 e. The predicted molar refractivity (Wildman–Crippen MR) is 94.9 cm³/mol. The maximum Gasteiger partial charge on any atom is 0.222 e. The molecular weight excluding hydrogens is 316 g/mol. The second-order valence-corrected chi connectivity index (χ2v) is 8.44. The van der Waals surface area contributed by atoms with E-state index in [0.29, 0.717) is 36.8 Å². The summed E-state index contributed by atoms with van der Waals surface area (Å²) in [6.07, 6.45) is 10.9. The maximum absolute atomic E-state index is 12.5. The van der Waals surface area contributed by atoms with Crippen LogP contribution in [0.3, 0.4) is 0 Å². The number of fused-ring (bicyclic) bond motifs is 1. The molecule has 2 aliphatic heterocycles. The largest absolute Gasteiger partial charge is 0.377 e. The number of amides is 2. The predicted octanol–water partition coefficient (Wildman–Crippen LogP) is 2.49. The molecule has 2 amide bonds. The van der Waals surface area contributed by atoms with Gasteiger partial charge in [0.15, 0.2) is 0 Å². The fourth-order valence-electron chi connectivity index (χ4n) is 5.65. The summed E-state index contributed by atoms with van der Waals surface area (Å²) in [5.74, 6) is 2.26. The van der Waals surface area contributed by atoms with Crippen LogP contribution in [-0.4, -0.2) is 48.6 Å². The lowest BCUT2D eigenvalue weighted by atomic mass is 9.61. The van der Waals surface area contributed by atoms with Gasteiger partial charge in [0.25, 0.3) is 0 Å². The van der Waals surface area contributed by atoms with E-state index in [1.54, 1.807) is 0 Å². The van der Waals surface area contributed by atoms with Gasteiger partial charge in [-0.25, -0.2) is 0 Å². The molecule has 0 aromatic heterocycles. The number of hydrogen-bond donors (Lipinski definition) is 1. The first-order valence-electron chi connectivity index (χ1n) is 10.4. The number of piperidine rings is 1. The molecule has 2 heterocycles. The molecule has 0 bridgehead atoms. The van der Waals surface area contributed by atoms with Crippen molar-refractivity contribution >= 4 is 11.8 Å². The van der Waals surface area contributed by atoms with Crippen molar-refractivity contribution in [2.24, 2.45) is 17.8 Å². The third-order valence-electron chi connectivity index (χ3n) is 6.96. The number of hydrogen-bond acceptors (Lipinski definition) is 3. The Morgan fingerprint density at radius 3 is 2.80 bits per heavy atom. The highest BCUT2D eigenvalue weighted by Crippen LogP contribution is 2.51. The molecule has 25 heavy (non-hydrogen) atoms. The van der Waals surface area contributed by atoms with Crippen LogP contribution in [0, 0.1) is 17.8 Å². The molecule has 0 spiro atoms. The number of nitrogens with one attached hydrogen (secondary N) is 1. The number of likely N-dealkylation sites (tertiary alicyclic amines) is 1. The lowest BCUT2D eigenvalue weighted by molar-refractivity contribution is -0.134. The van der Waals surface area contributed by atoms with Crippen LogP contribution in [0.15, 0.2) is 0 Å². The average Bonchev–Trinajstić information content (AvgIpc) is 3.26. The first-order chi connectivity index (χ1) is 12.2. The van der Waals surface area contributed by atoms with E-state index in [2.05, 4.69) is 5.32 Å². The Morgan fingerprint density at radius 1 is 1.16 bits per heavy atom. The van der Waals surface area contributed by atoms with Gasteiger partial charge in [-0.1, -0.05) is 25.7 Å². The Morgan fingerprint density at radius 2 is 2.00 bits per heavy atom. The fraction of sp³-hybridized carbons (Fsp3) is 0.900. The smallest absolute Gasteiger partial charge is 0.222 e. The molecule has 0 aromatic rings. The first kappa shape index (κ1) is 17.3. The van der Waals surface area contributed by atoms with Crippen LogP contribution in [0.4, 0.5) is 0 Å². The van der Waals surface area contributed by atoms with Crippen molar-refractivity contribution in [3.63, 3.8) is 0 Å². The van der Waals surface area contributed by atoms with Gasteiger partial charge in [-0.05, 0) is 31.6 Å². The van der Waals surface area contributed by atoms with Crippen LogP contribution in [0.1, 0.15) is 64.2 Å². The number of nitrogens with zero attached hydrogens (tertiary/aromatic N) is 1. The lowest BCUT2D eigenvalue weighted by Gasteiger charge is -2.50. The normalized spacial score (nSPS) is 35.5. The second kappa shape index (κ2) is 7.65. The molecule has 0 radical (unpaired) electrons. The van der Waals surface area contributed by atoms with Gasteiger partial charge in [-0.2, -0.15) is 0 Å². The maximum atomic E-state index is 12.5. The van der Waals surface area contributed by atoms with Crippen LogP contribution in [0.2, 0.25) is 0 Å². The molecule has 5 nitrogen and oxygen atoms in total. The molecule has 2 saturated heterocycles. The molecular formula is C20H32N2O3. The van der Waals surface area contributed by atoms with E-state index < -0.39 is 0 Å². The summed E-state index contributed by atoms with van der Waals surface area (Å²) < 4.78 is 5.97. The highest BCUT2D eigenvalue weighted by Gasteiger charge is 2.56.